The Bertz CT molecular complexity index is 1740. The first kappa shape index (κ1) is 36.1. The number of phenols is 2. The SMILES string of the molecule is CC1OC(OC2CC(c3ccc4c(c3O)C(=O)c3cc(O)c5c(c3C4=O)C(=O)C[C@](C)(O)C5)OC(C)C2O)CCC1OC1CC(O)C(O)C(C)O1. The topological polar surface area (TPSA) is 219 Å². The molecule has 0 spiro atoms. The summed E-state index contributed by atoms with van der Waals surface area (Å²) in [7, 11) is 0. The molecule has 12 atom stereocenters. The third kappa shape index (κ3) is 6.40. The molecule has 0 radical (unpaired) electrons. The fourth-order valence-electron chi connectivity index (χ4n) is 8.14. The van der Waals surface area contributed by atoms with Gasteiger partial charge in [-0.3, -0.25) is 14.4 Å². The molecule has 14 heteroatoms. The lowest BCUT2D eigenvalue weighted by molar-refractivity contribution is -0.306. The van der Waals surface area contributed by atoms with E-state index in [0.717, 1.165) is 6.07 Å². The van der Waals surface area contributed by atoms with Gasteiger partial charge in [0, 0.05) is 65.5 Å². The standard InChI is InChI=1S/C37H44O14/c1-14-24(50-28-10-22(39)32(41)15(2)49-28)7-8-27(48-14)51-26-11-25(47-16(3)33(26)42)17-5-6-18-31(34(17)43)36(45)19-9-21(38)20-12-37(4,46)13-23(40)29(20)30(19)35(18)44/h5-6,9,14-16,22,24-28,32-33,38-39,41-43,46H,7-8,10-13H2,1-4H3/t14?,15?,16?,22?,24?,25?,26?,27?,28?,32?,33?,37-/m1/s1. The molecule has 0 bridgehead atoms. The Morgan fingerprint density at radius 1 is 0.745 bits per heavy atom. The second kappa shape index (κ2) is 13.3. The zero-order valence-corrected chi connectivity index (χ0v) is 28.8. The number of phenolic OH excluding ortho intramolecular Hbond substituents is 2. The molecule has 276 valence electrons. The molecule has 3 fully saturated rings. The molecule has 2 aliphatic carbocycles. The van der Waals surface area contributed by atoms with Crippen molar-refractivity contribution in [3.63, 3.8) is 0 Å². The van der Waals surface area contributed by atoms with Gasteiger partial charge in [-0.15, -0.1) is 0 Å². The first-order chi connectivity index (χ1) is 24.0. The molecule has 3 saturated heterocycles. The number of fused-ring (bicyclic) bond motifs is 4. The van der Waals surface area contributed by atoms with Crippen molar-refractivity contribution in [2.45, 2.75) is 139 Å². The van der Waals surface area contributed by atoms with E-state index in [-0.39, 0.29) is 70.7 Å². The van der Waals surface area contributed by atoms with Gasteiger partial charge in [0.05, 0.1) is 53.9 Å². The van der Waals surface area contributed by atoms with Crippen LogP contribution >= 0.6 is 0 Å². The lowest BCUT2D eigenvalue weighted by atomic mass is 9.72. The van der Waals surface area contributed by atoms with Crippen LogP contribution in [0.3, 0.4) is 0 Å². The molecule has 2 aromatic rings. The number of carbonyl (C=O) groups is 3. The van der Waals surface area contributed by atoms with Crippen molar-refractivity contribution >= 4 is 17.3 Å². The number of aromatic hydroxyl groups is 2. The van der Waals surface area contributed by atoms with Crippen LogP contribution in [-0.2, 0) is 30.1 Å². The van der Waals surface area contributed by atoms with Crippen LogP contribution in [0.1, 0.15) is 119 Å². The number of hydrogen-bond acceptors (Lipinski definition) is 14. The zero-order chi connectivity index (χ0) is 36.7. The zero-order valence-electron chi connectivity index (χ0n) is 28.8. The fourth-order valence-corrected chi connectivity index (χ4v) is 8.14. The Morgan fingerprint density at radius 2 is 1.41 bits per heavy atom. The average molecular weight is 713 g/mol. The molecule has 2 aromatic carbocycles. The third-order valence-corrected chi connectivity index (χ3v) is 10.9. The number of Topliss-reactive ketones (excluding diaryl/α,β-unsaturated/α-hetero) is 1. The summed E-state index contributed by atoms with van der Waals surface area (Å²) in [6.45, 7) is 6.59. The van der Waals surface area contributed by atoms with Gasteiger partial charge in [-0.25, -0.2) is 0 Å². The second-order valence-corrected chi connectivity index (χ2v) is 14.8. The highest BCUT2D eigenvalue weighted by atomic mass is 16.7. The Kier molecular flexibility index (Phi) is 9.39. The number of hydrogen-bond donors (Lipinski definition) is 6. The highest BCUT2D eigenvalue weighted by Gasteiger charge is 2.45. The van der Waals surface area contributed by atoms with Gasteiger partial charge < -0.3 is 54.3 Å². The van der Waals surface area contributed by atoms with E-state index in [1.165, 1.54) is 19.1 Å². The van der Waals surface area contributed by atoms with Gasteiger partial charge in [0.2, 0.25) is 0 Å². The van der Waals surface area contributed by atoms with Gasteiger partial charge in [-0.1, -0.05) is 6.07 Å². The minimum Gasteiger partial charge on any atom is -0.508 e. The minimum absolute atomic E-state index is 0.0709. The van der Waals surface area contributed by atoms with E-state index in [1.54, 1.807) is 13.8 Å². The Morgan fingerprint density at radius 3 is 2.12 bits per heavy atom. The molecule has 5 aliphatic rings. The third-order valence-electron chi connectivity index (χ3n) is 10.9. The van der Waals surface area contributed by atoms with E-state index in [1.807, 2.05) is 6.92 Å². The summed E-state index contributed by atoms with van der Waals surface area (Å²) in [6.07, 6.45) is -7.44. The van der Waals surface area contributed by atoms with Crippen LogP contribution < -0.4 is 0 Å². The van der Waals surface area contributed by atoms with Gasteiger partial charge in [0.15, 0.2) is 29.9 Å². The number of rotatable bonds is 5. The second-order valence-electron chi connectivity index (χ2n) is 14.8. The molecular formula is C37H44O14. The number of carbonyl (C=O) groups excluding carboxylic acids is 3. The quantitative estimate of drug-likeness (QED) is 0.223. The van der Waals surface area contributed by atoms with Crippen LogP contribution in [-0.4, -0.2) is 115 Å². The Hall–Kier alpha value is -3.31. The van der Waals surface area contributed by atoms with Crippen molar-refractivity contribution in [2.75, 3.05) is 0 Å². The van der Waals surface area contributed by atoms with Crippen LogP contribution in [0.4, 0.5) is 0 Å². The monoisotopic (exact) mass is 712 g/mol. The van der Waals surface area contributed by atoms with Crippen molar-refractivity contribution in [1.29, 1.82) is 0 Å². The van der Waals surface area contributed by atoms with E-state index in [0.29, 0.717) is 12.8 Å². The van der Waals surface area contributed by atoms with Crippen LogP contribution in [0.15, 0.2) is 18.2 Å². The van der Waals surface area contributed by atoms with Gasteiger partial charge in [0.1, 0.15) is 23.7 Å². The Balaban J connectivity index is 1.08. The predicted octanol–water partition coefficient (Wildman–Crippen LogP) is 2.12. The van der Waals surface area contributed by atoms with Gasteiger partial charge in [0.25, 0.3) is 0 Å². The molecule has 3 heterocycles. The summed E-state index contributed by atoms with van der Waals surface area (Å²) in [6, 6.07) is 3.98. The molecule has 11 unspecified atom stereocenters. The lowest BCUT2D eigenvalue weighted by Crippen LogP contribution is -2.51. The summed E-state index contributed by atoms with van der Waals surface area (Å²) in [5, 5.41) is 64.0. The van der Waals surface area contributed by atoms with Crippen LogP contribution in [0.2, 0.25) is 0 Å². The van der Waals surface area contributed by atoms with Gasteiger partial charge in [-0.05, 0) is 46.2 Å². The minimum atomic E-state index is -1.42. The molecule has 6 N–H and O–H groups in total. The van der Waals surface area contributed by atoms with Crippen molar-refractivity contribution < 1.29 is 68.7 Å². The van der Waals surface area contributed by atoms with E-state index in [2.05, 4.69) is 0 Å². The van der Waals surface area contributed by atoms with Gasteiger partial charge >= 0.3 is 0 Å². The highest BCUT2D eigenvalue weighted by molar-refractivity contribution is 6.32. The average Bonchev–Trinajstić information content (AvgIpc) is 3.05. The molecule has 0 aromatic heterocycles. The molecule has 14 nitrogen and oxygen atoms in total. The predicted molar refractivity (Wildman–Crippen MR) is 175 cm³/mol. The normalized spacial score (nSPS) is 38.2. The number of aliphatic hydroxyl groups excluding tert-OH is 3. The summed E-state index contributed by atoms with van der Waals surface area (Å²) in [5.74, 6) is -2.87. The van der Waals surface area contributed by atoms with E-state index in [9.17, 15) is 45.0 Å². The fraction of sp³-hybridized carbons (Fsp3) is 0.595. The summed E-state index contributed by atoms with van der Waals surface area (Å²) in [4.78, 5) is 40.9. The van der Waals surface area contributed by atoms with Gasteiger partial charge in [-0.2, -0.15) is 0 Å². The summed E-state index contributed by atoms with van der Waals surface area (Å²) < 4.78 is 30.2. The lowest BCUT2D eigenvalue weighted by Gasteiger charge is -2.43. The number of benzene rings is 2. The molecule has 0 saturated carbocycles. The van der Waals surface area contributed by atoms with Crippen molar-refractivity contribution in [3.8, 4) is 11.5 Å². The molecule has 51 heavy (non-hydrogen) atoms. The largest absolute Gasteiger partial charge is 0.508 e. The van der Waals surface area contributed by atoms with Crippen molar-refractivity contribution in [1.82, 2.24) is 0 Å². The first-order valence-electron chi connectivity index (χ1n) is 17.5. The number of ether oxygens (including phenoxy) is 5. The highest BCUT2D eigenvalue weighted by Crippen LogP contribution is 2.46. The van der Waals surface area contributed by atoms with E-state index in [4.69, 9.17) is 23.7 Å². The maximum Gasteiger partial charge on any atom is 0.198 e. The van der Waals surface area contributed by atoms with Crippen molar-refractivity contribution in [3.05, 3.63) is 57.1 Å². The van der Waals surface area contributed by atoms with Crippen LogP contribution in [0.5, 0.6) is 11.5 Å². The van der Waals surface area contributed by atoms with E-state index < -0.39 is 95.9 Å². The van der Waals surface area contributed by atoms with E-state index >= 15 is 0 Å². The van der Waals surface area contributed by atoms with Crippen molar-refractivity contribution in [2.24, 2.45) is 0 Å². The molecule has 3 aliphatic heterocycles. The van der Waals surface area contributed by atoms with Crippen LogP contribution in [0.25, 0.3) is 0 Å². The molecule has 7 rings (SSSR count). The summed E-state index contributed by atoms with van der Waals surface area (Å²) >= 11 is 0. The summed E-state index contributed by atoms with van der Waals surface area (Å²) in [5.41, 5.74) is -1.98. The smallest absolute Gasteiger partial charge is 0.198 e. The first-order valence-corrected chi connectivity index (χ1v) is 17.5. The maximum absolute atomic E-state index is 13.9. The maximum atomic E-state index is 13.9. The molecule has 0 amide bonds. The number of aliphatic hydroxyl groups is 4. The Labute approximate surface area is 293 Å². The van der Waals surface area contributed by atoms with Crippen LogP contribution in [0, 0.1) is 0 Å². The molecular weight excluding hydrogens is 668 g/mol. The number of ketones is 3.